The van der Waals surface area contributed by atoms with E-state index in [1.807, 2.05) is 0 Å². The van der Waals surface area contributed by atoms with Crippen LogP contribution in [0.25, 0.3) is 0 Å². The Balaban J connectivity index is 1.43. The Labute approximate surface area is 154 Å². The Bertz CT molecular complexity index is 985. The Morgan fingerprint density at radius 1 is 1.04 bits per heavy atom. The van der Waals surface area contributed by atoms with E-state index >= 15 is 0 Å². The number of pyridine rings is 1. The van der Waals surface area contributed by atoms with Gasteiger partial charge in [0.2, 0.25) is 6.79 Å². The standard InChI is InChI=1S/C19H15N3O5/c23-18(21-10-14-2-1-7-25-14)12-5-6-20-15(8-12)19(24)22-13-3-4-16-17(9-13)27-11-26-16/h1-9H,10-11H2,(H,21,23)(H,22,24). The summed E-state index contributed by atoms with van der Waals surface area (Å²) in [6, 6.07) is 11.5. The number of furan rings is 1. The lowest BCUT2D eigenvalue weighted by atomic mass is 10.2. The first-order chi connectivity index (χ1) is 13.2. The van der Waals surface area contributed by atoms with Crippen molar-refractivity contribution in [1.82, 2.24) is 10.3 Å². The minimum absolute atomic E-state index is 0.123. The molecule has 2 aromatic heterocycles. The number of nitrogens with one attached hydrogen (secondary N) is 2. The molecule has 136 valence electrons. The molecule has 3 heterocycles. The summed E-state index contributed by atoms with van der Waals surface area (Å²) in [5.74, 6) is 1.06. The molecule has 1 aromatic carbocycles. The highest BCUT2D eigenvalue weighted by molar-refractivity contribution is 6.04. The summed E-state index contributed by atoms with van der Waals surface area (Å²) >= 11 is 0. The van der Waals surface area contributed by atoms with Crippen LogP contribution in [-0.4, -0.2) is 23.6 Å². The maximum Gasteiger partial charge on any atom is 0.274 e. The maximum atomic E-state index is 12.4. The quantitative estimate of drug-likeness (QED) is 0.720. The van der Waals surface area contributed by atoms with Crippen molar-refractivity contribution in [1.29, 1.82) is 0 Å². The predicted octanol–water partition coefficient (Wildman–Crippen LogP) is 2.59. The summed E-state index contributed by atoms with van der Waals surface area (Å²) < 4.78 is 15.7. The van der Waals surface area contributed by atoms with Crippen molar-refractivity contribution in [2.75, 3.05) is 12.1 Å². The zero-order valence-electron chi connectivity index (χ0n) is 14.1. The Hall–Kier alpha value is -3.81. The summed E-state index contributed by atoms with van der Waals surface area (Å²) in [5, 5.41) is 5.45. The monoisotopic (exact) mass is 365 g/mol. The van der Waals surface area contributed by atoms with Crippen LogP contribution >= 0.6 is 0 Å². The molecule has 0 unspecified atom stereocenters. The number of nitrogens with zero attached hydrogens (tertiary/aromatic N) is 1. The second-order valence-corrected chi connectivity index (χ2v) is 5.71. The first kappa shape index (κ1) is 16.6. The molecule has 2 N–H and O–H groups in total. The van der Waals surface area contributed by atoms with Crippen molar-refractivity contribution in [3.8, 4) is 11.5 Å². The zero-order chi connectivity index (χ0) is 18.6. The normalized spacial score (nSPS) is 11.9. The van der Waals surface area contributed by atoms with Gasteiger partial charge in [-0.3, -0.25) is 14.6 Å². The second-order valence-electron chi connectivity index (χ2n) is 5.71. The van der Waals surface area contributed by atoms with E-state index in [0.717, 1.165) is 0 Å². The number of amides is 2. The number of hydrogen-bond acceptors (Lipinski definition) is 6. The Kier molecular flexibility index (Phi) is 4.44. The van der Waals surface area contributed by atoms with Gasteiger partial charge < -0.3 is 24.5 Å². The molecular weight excluding hydrogens is 350 g/mol. The number of aromatic nitrogens is 1. The van der Waals surface area contributed by atoms with Crippen LogP contribution in [0, 0.1) is 0 Å². The van der Waals surface area contributed by atoms with Crippen molar-refractivity contribution < 1.29 is 23.5 Å². The van der Waals surface area contributed by atoms with E-state index < -0.39 is 5.91 Å². The molecule has 0 fully saturated rings. The molecule has 8 nitrogen and oxygen atoms in total. The number of carbonyl (C=O) groups excluding carboxylic acids is 2. The van der Waals surface area contributed by atoms with Crippen molar-refractivity contribution in [3.63, 3.8) is 0 Å². The van der Waals surface area contributed by atoms with Crippen LogP contribution in [0.4, 0.5) is 5.69 Å². The van der Waals surface area contributed by atoms with Crippen LogP contribution in [-0.2, 0) is 6.54 Å². The van der Waals surface area contributed by atoms with Gasteiger partial charge in [-0.15, -0.1) is 0 Å². The highest BCUT2D eigenvalue weighted by atomic mass is 16.7. The topological polar surface area (TPSA) is 103 Å². The van der Waals surface area contributed by atoms with Gasteiger partial charge >= 0.3 is 0 Å². The Morgan fingerprint density at radius 3 is 2.78 bits per heavy atom. The molecule has 0 radical (unpaired) electrons. The lowest BCUT2D eigenvalue weighted by Crippen LogP contribution is -2.23. The van der Waals surface area contributed by atoms with E-state index in [1.165, 1.54) is 24.6 Å². The third-order valence-corrected chi connectivity index (χ3v) is 3.89. The van der Waals surface area contributed by atoms with Crippen molar-refractivity contribution >= 4 is 17.5 Å². The van der Waals surface area contributed by atoms with Gasteiger partial charge in [0.25, 0.3) is 11.8 Å². The first-order valence-electron chi connectivity index (χ1n) is 8.17. The number of ether oxygens (including phenoxy) is 2. The molecule has 0 spiro atoms. The van der Waals surface area contributed by atoms with E-state index in [-0.39, 0.29) is 24.9 Å². The molecule has 0 saturated carbocycles. The van der Waals surface area contributed by atoms with E-state index in [9.17, 15) is 9.59 Å². The van der Waals surface area contributed by atoms with Gasteiger partial charge in [0.15, 0.2) is 11.5 Å². The number of rotatable bonds is 5. The van der Waals surface area contributed by atoms with E-state index in [0.29, 0.717) is 28.5 Å². The van der Waals surface area contributed by atoms with Gasteiger partial charge in [0.05, 0.1) is 12.8 Å². The van der Waals surface area contributed by atoms with Gasteiger partial charge in [0.1, 0.15) is 11.5 Å². The summed E-state index contributed by atoms with van der Waals surface area (Å²) in [4.78, 5) is 28.7. The summed E-state index contributed by atoms with van der Waals surface area (Å²) in [6.07, 6.45) is 2.95. The number of benzene rings is 1. The van der Waals surface area contributed by atoms with Gasteiger partial charge in [-0.2, -0.15) is 0 Å². The molecular formula is C19H15N3O5. The van der Waals surface area contributed by atoms with Crippen LogP contribution in [0.1, 0.15) is 26.6 Å². The molecule has 0 atom stereocenters. The zero-order valence-corrected chi connectivity index (χ0v) is 14.1. The van der Waals surface area contributed by atoms with Crippen molar-refractivity contribution in [2.24, 2.45) is 0 Å². The first-order valence-corrected chi connectivity index (χ1v) is 8.17. The minimum Gasteiger partial charge on any atom is -0.467 e. The van der Waals surface area contributed by atoms with Crippen molar-refractivity contribution in [3.05, 3.63) is 71.9 Å². The third kappa shape index (κ3) is 3.74. The van der Waals surface area contributed by atoms with Crippen LogP contribution in [0.3, 0.4) is 0 Å². The van der Waals surface area contributed by atoms with Crippen LogP contribution in [0.2, 0.25) is 0 Å². The van der Waals surface area contributed by atoms with Gasteiger partial charge in [-0.05, 0) is 36.4 Å². The molecule has 0 saturated heterocycles. The fourth-order valence-corrected chi connectivity index (χ4v) is 2.55. The lowest BCUT2D eigenvalue weighted by molar-refractivity contribution is 0.0948. The smallest absolute Gasteiger partial charge is 0.274 e. The maximum absolute atomic E-state index is 12.4. The van der Waals surface area contributed by atoms with E-state index in [1.54, 1.807) is 30.3 Å². The lowest BCUT2D eigenvalue weighted by Gasteiger charge is -2.07. The molecule has 1 aliphatic heterocycles. The summed E-state index contributed by atoms with van der Waals surface area (Å²) in [7, 11) is 0. The summed E-state index contributed by atoms with van der Waals surface area (Å²) in [5.41, 5.74) is 0.990. The van der Waals surface area contributed by atoms with Crippen LogP contribution in [0.5, 0.6) is 11.5 Å². The molecule has 3 aromatic rings. The molecule has 4 rings (SSSR count). The predicted molar refractivity (Wildman–Crippen MR) is 94.6 cm³/mol. The third-order valence-electron chi connectivity index (χ3n) is 3.89. The van der Waals surface area contributed by atoms with Gasteiger partial charge in [-0.25, -0.2) is 0 Å². The SMILES string of the molecule is O=C(NCc1ccco1)c1ccnc(C(=O)Nc2ccc3c(c2)OCO3)c1. The fourth-order valence-electron chi connectivity index (χ4n) is 2.55. The molecule has 1 aliphatic rings. The molecule has 0 aliphatic carbocycles. The van der Waals surface area contributed by atoms with E-state index in [4.69, 9.17) is 13.9 Å². The molecule has 8 heteroatoms. The van der Waals surface area contributed by atoms with Crippen molar-refractivity contribution in [2.45, 2.75) is 6.54 Å². The van der Waals surface area contributed by atoms with Crippen LogP contribution in [0.15, 0.2) is 59.3 Å². The molecule has 0 bridgehead atoms. The van der Waals surface area contributed by atoms with Crippen LogP contribution < -0.4 is 20.1 Å². The summed E-state index contributed by atoms with van der Waals surface area (Å²) in [6.45, 7) is 0.413. The molecule has 2 amide bonds. The van der Waals surface area contributed by atoms with E-state index in [2.05, 4.69) is 15.6 Å². The highest BCUT2D eigenvalue weighted by Gasteiger charge is 2.16. The average molecular weight is 365 g/mol. The second kappa shape index (κ2) is 7.20. The molecule has 27 heavy (non-hydrogen) atoms. The Morgan fingerprint density at radius 2 is 1.93 bits per heavy atom. The number of anilines is 1. The number of carbonyl (C=O) groups is 2. The number of fused-ring (bicyclic) bond motifs is 1. The highest BCUT2D eigenvalue weighted by Crippen LogP contribution is 2.34. The van der Waals surface area contributed by atoms with Gasteiger partial charge in [0, 0.05) is 23.5 Å². The minimum atomic E-state index is -0.436. The largest absolute Gasteiger partial charge is 0.467 e. The number of hydrogen-bond donors (Lipinski definition) is 2. The fraction of sp³-hybridized carbons (Fsp3) is 0.105. The average Bonchev–Trinajstić information content (AvgIpc) is 3.37. The van der Waals surface area contributed by atoms with Gasteiger partial charge in [-0.1, -0.05) is 0 Å².